The number of likely N-dealkylation sites (tertiary alicyclic amines) is 1. The van der Waals surface area contributed by atoms with Crippen molar-refractivity contribution in [1.82, 2.24) is 4.90 Å². The first-order valence-electron chi connectivity index (χ1n) is 8.32. The molecule has 0 unspecified atom stereocenters. The molecule has 130 valence electrons. The third-order valence-electron chi connectivity index (χ3n) is 4.54. The van der Waals surface area contributed by atoms with Crippen LogP contribution in [0.15, 0.2) is 48.5 Å². The summed E-state index contributed by atoms with van der Waals surface area (Å²) in [7, 11) is 1.58. The molecular formula is C20H20ClNO3. The lowest BCUT2D eigenvalue weighted by Crippen LogP contribution is -2.42. The number of rotatable bonds is 4. The maximum absolute atomic E-state index is 12.8. The molecule has 0 radical (unpaired) electrons. The highest BCUT2D eigenvalue weighted by molar-refractivity contribution is 6.33. The molecule has 1 saturated heterocycles. The van der Waals surface area contributed by atoms with Crippen LogP contribution in [-0.2, 0) is 0 Å². The summed E-state index contributed by atoms with van der Waals surface area (Å²) >= 11 is 6.14. The number of halogens is 1. The van der Waals surface area contributed by atoms with E-state index in [0.29, 0.717) is 35.0 Å². The fraction of sp³-hybridized carbons (Fsp3) is 0.300. The largest absolute Gasteiger partial charge is 0.497 e. The summed E-state index contributed by atoms with van der Waals surface area (Å²) in [6.45, 7) is 1.06. The van der Waals surface area contributed by atoms with Gasteiger partial charge in [-0.25, -0.2) is 0 Å². The molecule has 1 aliphatic heterocycles. The monoisotopic (exact) mass is 357 g/mol. The van der Waals surface area contributed by atoms with Gasteiger partial charge in [-0.3, -0.25) is 9.59 Å². The van der Waals surface area contributed by atoms with Crippen molar-refractivity contribution in [1.29, 1.82) is 0 Å². The first-order chi connectivity index (χ1) is 12.1. The topological polar surface area (TPSA) is 46.6 Å². The molecule has 25 heavy (non-hydrogen) atoms. The van der Waals surface area contributed by atoms with Crippen LogP contribution in [0.25, 0.3) is 0 Å². The maximum Gasteiger partial charge on any atom is 0.255 e. The van der Waals surface area contributed by atoms with Crippen molar-refractivity contribution in [2.24, 2.45) is 5.92 Å². The number of nitrogens with zero attached hydrogens (tertiary/aromatic N) is 1. The summed E-state index contributed by atoms with van der Waals surface area (Å²) in [5, 5.41) is 0.439. The summed E-state index contributed by atoms with van der Waals surface area (Å²) in [4.78, 5) is 27.3. The lowest BCUT2D eigenvalue weighted by Gasteiger charge is -2.32. The molecule has 2 aromatic rings. The second kappa shape index (κ2) is 7.70. The average Bonchev–Trinajstić information content (AvgIpc) is 2.67. The first-order valence-corrected chi connectivity index (χ1v) is 8.70. The Hall–Kier alpha value is -2.33. The van der Waals surface area contributed by atoms with Crippen molar-refractivity contribution >= 4 is 23.3 Å². The van der Waals surface area contributed by atoms with Gasteiger partial charge in [0.15, 0.2) is 5.78 Å². The van der Waals surface area contributed by atoms with Crippen LogP contribution in [0.4, 0.5) is 0 Å². The standard InChI is InChI=1S/C20H20ClNO3/c1-25-16-8-4-6-14(12-16)19(23)15-7-5-11-22(13-15)20(24)17-9-2-3-10-18(17)21/h2-4,6,8-10,12,15H,5,7,11,13H2,1H3/t15-/m1/s1. The van der Waals surface area contributed by atoms with Crippen molar-refractivity contribution in [3.8, 4) is 5.75 Å². The molecular weight excluding hydrogens is 338 g/mol. The molecule has 0 saturated carbocycles. The van der Waals surface area contributed by atoms with Crippen molar-refractivity contribution < 1.29 is 14.3 Å². The van der Waals surface area contributed by atoms with Crippen LogP contribution < -0.4 is 4.74 Å². The van der Waals surface area contributed by atoms with Gasteiger partial charge >= 0.3 is 0 Å². The zero-order chi connectivity index (χ0) is 17.8. The van der Waals surface area contributed by atoms with Crippen molar-refractivity contribution in [3.63, 3.8) is 0 Å². The maximum atomic E-state index is 12.8. The Morgan fingerprint density at radius 3 is 2.72 bits per heavy atom. The van der Waals surface area contributed by atoms with Crippen molar-refractivity contribution in [3.05, 3.63) is 64.7 Å². The summed E-state index contributed by atoms with van der Waals surface area (Å²) in [6.07, 6.45) is 1.58. The number of ether oxygens (including phenoxy) is 1. The van der Waals surface area contributed by atoms with Gasteiger partial charge in [0.2, 0.25) is 0 Å². The number of carbonyl (C=O) groups is 2. The normalized spacial score (nSPS) is 17.2. The van der Waals surface area contributed by atoms with Crippen molar-refractivity contribution in [2.45, 2.75) is 12.8 Å². The lowest BCUT2D eigenvalue weighted by atomic mass is 9.89. The Kier molecular flexibility index (Phi) is 5.39. The van der Waals surface area contributed by atoms with Crippen LogP contribution >= 0.6 is 11.6 Å². The number of hydrogen-bond acceptors (Lipinski definition) is 3. The number of benzene rings is 2. The SMILES string of the molecule is COc1cccc(C(=O)[C@@H]2CCCN(C(=O)c3ccccc3Cl)C2)c1. The quantitative estimate of drug-likeness (QED) is 0.774. The fourth-order valence-corrected chi connectivity index (χ4v) is 3.41. The van der Waals surface area contributed by atoms with Crippen molar-refractivity contribution in [2.75, 3.05) is 20.2 Å². The van der Waals surface area contributed by atoms with E-state index in [1.54, 1.807) is 48.4 Å². The summed E-state index contributed by atoms with van der Waals surface area (Å²) in [5.41, 5.74) is 1.11. The Morgan fingerprint density at radius 1 is 1.16 bits per heavy atom. The van der Waals surface area contributed by atoms with E-state index in [0.717, 1.165) is 12.8 Å². The molecule has 2 aromatic carbocycles. The number of methoxy groups -OCH3 is 1. The second-order valence-electron chi connectivity index (χ2n) is 6.17. The Labute approximate surface area is 152 Å². The van der Waals surface area contributed by atoms with Gasteiger partial charge in [0.05, 0.1) is 17.7 Å². The molecule has 4 nitrogen and oxygen atoms in total. The van der Waals surface area contributed by atoms with Gasteiger partial charge in [-0.05, 0) is 37.1 Å². The smallest absolute Gasteiger partial charge is 0.255 e. The molecule has 1 heterocycles. The molecule has 0 spiro atoms. The van der Waals surface area contributed by atoms with Gasteiger partial charge in [-0.1, -0.05) is 35.9 Å². The Balaban J connectivity index is 1.75. The minimum absolute atomic E-state index is 0.0514. The highest BCUT2D eigenvalue weighted by atomic mass is 35.5. The molecule has 1 amide bonds. The van der Waals surface area contributed by atoms with Gasteiger partial charge in [0.25, 0.3) is 5.91 Å². The minimum Gasteiger partial charge on any atom is -0.497 e. The molecule has 5 heteroatoms. The van der Waals surface area contributed by atoms with Gasteiger partial charge < -0.3 is 9.64 Å². The van der Waals surface area contributed by atoms with E-state index in [2.05, 4.69) is 0 Å². The number of piperidine rings is 1. The number of hydrogen-bond donors (Lipinski definition) is 0. The van der Waals surface area contributed by atoms with Crippen LogP contribution in [0.5, 0.6) is 5.75 Å². The third-order valence-corrected chi connectivity index (χ3v) is 4.87. The van der Waals surface area contributed by atoms with Crippen LogP contribution in [-0.4, -0.2) is 36.8 Å². The predicted octanol–water partition coefficient (Wildman–Crippen LogP) is 4.08. The van der Waals surface area contributed by atoms with E-state index in [1.807, 2.05) is 12.1 Å². The Morgan fingerprint density at radius 2 is 1.96 bits per heavy atom. The van der Waals surface area contributed by atoms with E-state index in [1.165, 1.54) is 0 Å². The first kappa shape index (κ1) is 17.5. The van der Waals surface area contributed by atoms with Gasteiger partial charge in [-0.2, -0.15) is 0 Å². The highest BCUT2D eigenvalue weighted by Gasteiger charge is 2.30. The minimum atomic E-state index is -0.202. The molecule has 0 bridgehead atoms. The third kappa shape index (κ3) is 3.85. The lowest BCUT2D eigenvalue weighted by molar-refractivity contribution is 0.0637. The van der Waals surface area contributed by atoms with E-state index in [4.69, 9.17) is 16.3 Å². The average molecular weight is 358 g/mol. The van der Waals surface area contributed by atoms with Gasteiger partial charge in [0.1, 0.15) is 5.75 Å². The summed E-state index contributed by atoms with van der Waals surface area (Å²) in [5.74, 6) is 0.391. The molecule has 1 fully saturated rings. The molecule has 3 rings (SSSR count). The molecule has 0 aromatic heterocycles. The van der Waals surface area contributed by atoms with E-state index >= 15 is 0 Å². The zero-order valence-corrected chi connectivity index (χ0v) is 14.8. The zero-order valence-electron chi connectivity index (χ0n) is 14.1. The molecule has 0 aliphatic carbocycles. The summed E-state index contributed by atoms with van der Waals surface area (Å²) in [6, 6.07) is 14.2. The van der Waals surface area contributed by atoms with E-state index in [9.17, 15) is 9.59 Å². The Bertz CT molecular complexity index is 790. The predicted molar refractivity (Wildman–Crippen MR) is 97.4 cm³/mol. The van der Waals surface area contributed by atoms with E-state index in [-0.39, 0.29) is 17.6 Å². The van der Waals surface area contributed by atoms with Gasteiger partial charge in [-0.15, -0.1) is 0 Å². The fourth-order valence-electron chi connectivity index (χ4n) is 3.19. The number of carbonyl (C=O) groups excluding carboxylic acids is 2. The van der Waals surface area contributed by atoms with Crippen LogP contribution in [0.1, 0.15) is 33.6 Å². The van der Waals surface area contributed by atoms with Gasteiger partial charge in [0, 0.05) is 24.6 Å². The molecule has 1 aliphatic rings. The van der Waals surface area contributed by atoms with Crippen LogP contribution in [0.2, 0.25) is 5.02 Å². The van der Waals surface area contributed by atoms with Crippen LogP contribution in [0.3, 0.4) is 0 Å². The number of amides is 1. The highest BCUT2D eigenvalue weighted by Crippen LogP contribution is 2.25. The van der Waals surface area contributed by atoms with Crippen LogP contribution in [0, 0.1) is 5.92 Å². The molecule has 1 atom stereocenters. The second-order valence-corrected chi connectivity index (χ2v) is 6.57. The number of ketones is 1. The molecule has 0 N–H and O–H groups in total. The number of Topliss-reactive ketones (excluding diaryl/α,β-unsaturated/α-hetero) is 1. The summed E-state index contributed by atoms with van der Waals surface area (Å²) < 4.78 is 5.19. The van der Waals surface area contributed by atoms with E-state index < -0.39 is 0 Å².